The number of oxime groups is 2. The summed E-state index contributed by atoms with van der Waals surface area (Å²) in [4.78, 5) is 38.7. The van der Waals surface area contributed by atoms with Crippen LogP contribution < -0.4 is 16.4 Å². The van der Waals surface area contributed by atoms with Crippen molar-refractivity contribution in [2.45, 2.75) is 37.2 Å². The highest BCUT2D eigenvalue weighted by Gasteiger charge is 2.13. The highest BCUT2D eigenvalue weighted by Crippen LogP contribution is 2.18. The summed E-state index contributed by atoms with van der Waals surface area (Å²) in [6.07, 6.45) is 4.67. The van der Waals surface area contributed by atoms with Gasteiger partial charge in [-0.25, -0.2) is 14.4 Å². The van der Waals surface area contributed by atoms with E-state index in [1.807, 2.05) is 40.2 Å². The zero-order valence-corrected chi connectivity index (χ0v) is 19.1. The lowest BCUT2D eigenvalue weighted by molar-refractivity contribution is 0.152. The van der Waals surface area contributed by atoms with Crippen LogP contribution in [0.5, 0.6) is 0 Å². The molecule has 0 spiro atoms. The number of primary amides is 1. The predicted molar refractivity (Wildman–Crippen MR) is 115 cm³/mol. The van der Waals surface area contributed by atoms with E-state index in [1.165, 1.54) is 14.1 Å². The van der Waals surface area contributed by atoms with Crippen LogP contribution in [0.25, 0.3) is 0 Å². The Morgan fingerprint density at radius 2 is 1.14 bits per heavy atom. The third kappa shape index (κ3) is 26.1. The maximum Gasteiger partial charge on any atom is 0.433 e. The molecule has 0 aliphatic rings. The summed E-state index contributed by atoms with van der Waals surface area (Å²) in [7, 11) is 2.97. The van der Waals surface area contributed by atoms with Crippen molar-refractivity contribution in [3.05, 3.63) is 0 Å². The standard InChI is InChI=1S/2C7H14N2O2S.CH3NO2/c2*1-7(2,12-4)5-9-11-6(10)8-3;2-1(3)4/h2*5H,1-4H3,(H,8,10);2H2,(H,3,4)/b2*9-5+;. The van der Waals surface area contributed by atoms with Crippen LogP contribution in [0.3, 0.4) is 0 Å². The fourth-order valence-corrected chi connectivity index (χ4v) is 0.896. The molecule has 3 amide bonds. The molecule has 13 heteroatoms. The lowest BCUT2D eigenvalue weighted by atomic mass is 10.2. The number of hydrogen-bond donors (Lipinski definition) is 4. The van der Waals surface area contributed by atoms with E-state index in [9.17, 15) is 9.59 Å². The molecule has 0 aliphatic heterocycles. The van der Waals surface area contributed by atoms with Gasteiger partial charge in [0.15, 0.2) is 0 Å². The van der Waals surface area contributed by atoms with Crippen molar-refractivity contribution in [3.8, 4) is 0 Å². The zero-order chi connectivity index (χ0) is 22.8. The average molecular weight is 442 g/mol. The Balaban J connectivity index is -0.000000375. The van der Waals surface area contributed by atoms with Crippen LogP contribution in [0.1, 0.15) is 27.7 Å². The number of rotatable bonds is 6. The summed E-state index contributed by atoms with van der Waals surface area (Å²) >= 11 is 3.25. The van der Waals surface area contributed by atoms with Crippen molar-refractivity contribution in [2.75, 3.05) is 26.6 Å². The van der Waals surface area contributed by atoms with E-state index in [0.29, 0.717) is 0 Å². The van der Waals surface area contributed by atoms with Crippen molar-refractivity contribution in [3.63, 3.8) is 0 Å². The number of carboxylic acid groups (broad SMARTS) is 1. The summed E-state index contributed by atoms with van der Waals surface area (Å²) in [5.41, 5.74) is 4.03. The third-order valence-electron chi connectivity index (χ3n) is 2.46. The third-order valence-corrected chi connectivity index (χ3v) is 4.77. The summed E-state index contributed by atoms with van der Waals surface area (Å²) in [5, 5.41) is 18.8. The number of hydrogen-bond acceptors (Lipinski definition) is 9. The molecule has 11 nitrogen and oxygen atoms in total. The average Bonchev–Trinajstić information content (AvgIpc) is 2.61. The Morgan fingerprint density at radius 1 is 0.893 bits per heavy atom. The Hall–Kier alpha value is -2.15. The van der Waals surface area contributed by atoms with Gasteiger partial charge in [-0.15, -0.1) is 0 Å². The van der Waals surface area contributed by atoms with Crippen LogP contribution >= 0.6 is 23.5 Å². The second kappa shape index (κ2) is 17.0. The second-order valence-corrected chi connectivity index (χ2v) is 8.60. The molecule has 5 N–H and O–H groups in total. The molecular formula is C15H31N5O6S2. The molecule has 0 heterocycles. The molecule has 0 saturated carbocycles. The summed E-state index contributed by atoms with van der Waals surface area (Å²) in [6.45, 7) is 7.92. The molecule has 0 aromatic carbocycles. The van der Waals surface area contributed by atoms with Gasteiger partial charge in [0.1, 0.15) is 0 Å². The van der Waals surface area contributed by atoms with Gasteiger partial charge in [-0.1, -0.05) is 10.3 Å². The van der Waals surface area contributed by atoms with Crippen molar-refractivity contribution >= 4 is 54.2 Å². The van der Waals surface area contributed by atoms with Crippen molar-refractivity contribution < 1.29 is 29.2 Å². The number of amides is 3. The molecule has 0 fully saturated rings. The molecule has 164 valence electrons. The number of carbonyl (C=O) groups is 3. The number of thioether (sulfide) groups is 2. The minimum absolute atomic E-state index is 0.103. The fourth-order valence-electron chi connectivity index (χ4n) is 0.599. The largest absolute Gasteiger partial charge is 0.465 e. The molecule has 0 aromatic rings. The van der Waals surface area contributed by atoms with E-state index in [4.69, 9.17) is 9.90 Å². The van der Waals surface area contributed by atoms with E-state index in [0.717, 1.165) is 0 Å². The molecule has 0 radical (unpaired) electrons. The number of nitrogens with one attached hydrogen (secondary N) is 2. The SMILES string of the molecule is CNC(=O)O/N=C/C(C)(C)SC.CNC(=O)O/N=C/C(C)(C)SC.NC(=O)O. The molecule has 28 heavy (non-hydrogen) atoms. The first-order valence-corrected chi connectivity index (χ1v) is 10.2. The molecule has 0 unspecified atom stereocenters. The van der Waals surface area contributed by atoms with Gasteiger partial charge in [0, 0.05) is 23.6 Å². The van der Waals surface area contributed by atoms with Crippen LogP contribution in [-0.2, 0) is 9.68 Å². The van der Waals surface area contributed by atoms with Crippen LogP contribution in [0.15, 0.2) is 10.3 Å². The monoisotopic (exact) mass is 441 g/mol. The van der Waals surface area contributed by atoms with Crippen molar-refractivity contribution in [1.82, 2.24) is 10.6 Å². The van der Waals surface area contributed by atoms with Gasteiger partial charge in [0.25, 0.3) is 0 Å². The fraction of sp³-hybridized carbons (Fsp3) is 0.667. The summed E-state index contributed by atoms with van der Waals surface area (Å²) < 4.78 is -0.206. The lowest BCUT2D eigenvalue weighted by Gasteiger charge is -2.13. The van der Waals surface area contributed by atoms with Gasteiger partial charge in [0.2, 0.25) is 0 Å². The number of nitrogens with two attached hydrogens (primary N) is 1. The van der Waals surface area contributed by atoms with Gasteiger partial charge in [-0.2, -0.15) is 23.5 Å². The Bertz CT molecular complexity index is 483. The maximum absolute atomic E-state index is 10.5. The summed E-state index contributed by atoms with van der Waals surface area (Å²) in [5.74, 6) is 0. The minimum Gasteiger partial charge on any atom is -0.465 e. The van der Waals surface area contributed by atoms with Crippen LogP contribution in [-0.4, -0.2) is 71.9 Å². The van der Waals surface area contributed by atoms with Gasteiger partial charge >= 0.3 is 18.3 Å². The number of carbonyl (C=O) groups excluding carboxylic acids is 2. The van der Waals surface area contributed by atoms with Crippen LogP contribution in [0.2, 0.25) is 0 Å². The molecular weight excluding hydrogens is 410 g/mol. The van der Waals surface area contributed by atoms with Gasteiger partial charge in [-0.05, 0) is 40.2 Å². The minimum atomic E-state index is -1.33. The Morgan fingerprint density at radius 3 is 1.32 bits per heavy atom. The molecule has 0 bridgehead atoms. The molecule has 0 aliphatic carbocycles. The van der Waals surface area contributed by atoms with Gasteiger partial charge < -0.3 is 21.5 Å². The highest BCUT2D eigenvalue weighted by atomic mass is 32.2. The smallest absolute Gasteiger partial charge is 0.433 e. The maximum atomic E-state index is 10.5. The van der Waals surface area contributed by atoms with E-state index in [-0.39, 0.29) is 9.49 Å². The van der Waals surface area contributed by atoms with E-state index < -0.39 is 18.3 Å². The van der Waals surface area contributed by atoms with Crippen LogP contribution in [0, 0.1) is 0 Å². The second-order valence-electron chi connectivity index (χ2n) is 5.68. The van der Waals surface area contributed by atoms with Gasteiger partial charge in [-0.3, -0.25) is 9.68 Å². The normalized spacial score (nSPS) is 10.9. The van der Waals surface area contributed by atoms with E-state index in [2.05, 4.69) is 36.4 Å². The summed E-state index contributed by atoms with van der Waals surface area (Å²) in [6, 6.07) is 0. The van der Waals surface area contributed by atoms with Crippen molar-refractivity contribution in [2.24, 2.45) is 16.0 Å². The molecule has 0 saturated heterocycles. The van der Waals surface area contributed by atoms with Crippen LogP contribution in [0.4, 0.5) is 14.4 Å². The molecule has 0 aromatic heterocycles. The first-order chi connectivity index (χ1) is 12.8. The lowest BCUT2D eigenvalue weighted by Crippen LogP contribution is -2.19. The first kappa shape index (κ1) is 30.6. The van der Waals surface area contributed by atoms with E-state index >= 15 is 0 Å². The quantitative estimate of drug-likeness (QED) is 0.277. The molecule has 0 atom stereocenters. The predicted octanol–water partition coefficient (Wildman–Crippen LogP) is 2.56. The van der Waals surface area contributed by atoms with Gasteiger partial charge in [0.05, 0.1) is 12.4 Å². The molecule has 0 rings (SSSR count). The first-order valence-electron chi connectivity index (χ1n) is 7.72. The number of nitrogens with zero attached hydrogens (tertiary/aromatic N) is 2. The zero-order valence-electron chi connectivity index (χ0n) is 17.4. The highest BCUT2D eigenvalue weighted by molar-refractivity contribution is 8.00. The Kier molecular flexibility index (Phi) is 18.5. The topological polar surface area (TPSA) is 165 Å². The van der Waals surface area contributed by atoms with E-state index in [1.54, 1.807) is 36.0 Å². The Labute approximate surface area is 174 Å². The van der Waals surface area contributed by atoms with Crippen molar-refractivity contribution in [1.29, 1.82) is 0 Å².